The zero-order valence-electron chi connectivity index (χ0n) is 14.7. The third kappa shape index (κ3) is 6.18. The van der Waals surface area contributed by atoms with Gasteiger partial charge < -0.3 is 4.74 Å². The summed E-state index contributed by atoms with van der Waals surface area (Å²) in [5.41, 5.74) is 5.53. The number of nitro benzene ring substituents is 1. The monoisotopic (exact) mass is 400 g/mol. The highest BCUT2D eigenvalue weighted by Crippen LogP contribution is 2.14. The van der Waals surface area contributed by atoms with E-state index in [4.69, 9.17) is 17.0 Å². The lowest BCUT2D eigenvalue weighted by Crippen LogP contribution is -2.48. The number of ether oxygens (including phenoxy) is 1. The van der Waals surface area contributed by atoms with Crippen molar-refractivity contribution in [3.63, 3.8) is 0 Å². The maximum atomic E-state index is 12.0. The van der Waals surface area contributed by atoms with E-state index in [0.717, 1.165) is 0 Å². The molecule has 2 aromatic carbocycles. The predicted molar refractivity (Wildman–Crippen MR) is 106 cm³/mol. The number of benzene rings is 2. The average Bonchev–Trinajstić information content (AvgIpc) is 2.70. The molecule has 0 bridgehead atoms. The van der Waals surface area contributed by atoms with Gasteiger partial charge in [0.1, 0.15) is 5.75 Å². The van der Waals surface area contributed by atoms with Crippen LogP contribution in [-0.2, 0) is 4.79 Å². The molecule has 0 aliphatic heterocycles. The molecule has 0 unspecified atom stereocenters. The second kappa shape index (κ2) is 9.78. The molecule has 144 valence electrons. The predicted octanol–water partition coefficient (Wildman–Crippen LogP) is 1.95. The van der Waals surface area contributed by atoms with E-state index in [9.17, 15) is 19.7 Å². The van der Waals surface area contributed by atoms with Crippen LogP contribution in [0.4, 0.5) is 5.69 Å². The van der Waals surface area contributed by atoms with Crippen LogP contribution in [0.5, 0.6) is 5.75 Å². The van der Waals surface area contributed by atoms with Crippen molar-refractivity contribution >= 4 is 40.9 Å². The first-order chi connectivity index (χ1) is 13.4. The quantitative estimate of drug-likeness (QED) is 0.303. The van der Waals surface area contributed by atoms with Gasteiger partial charge in [0, 0.05) is 23.8 Å². The Morgan fingerprint density at radius 2 is 1.86 bits per heavy atom. The number of nitrogens with zero attached hydrogens (tertiary/aromatic N) is 1. The van der Waals surface area contributed by atoms with Gasteiger partial charge in [0.2, 0.25) is 5.91 Å². The Bertz CT molecular complexity index is 928. The zero-order chi connectivity index (χ0) is 20.5. The average molecular weight is 400 g/mol. The molecule has 2 rings (SSSR count). The van der Waals surface area contributed by atoms with Gasteiger partial charge in [0.15, 0.2) is 5.11 Å². The standard InChI is InChI=1S/C18H16N4O5S/c1-27-15-8-6-13(7-9-15)17(24)20-21-18(28)19-16(23)10-5-12-3-2-4-14(11-12)22(25)26/h2-11H,1H3,(H,20,24)(H2,19,21,23,28)/b10-5+. The van der Waals surface area contributed by atoms with Crippen molar-refractivity contribution in [2.24, 2.45) is 0 Å². The first kappa shape index (κ1) is 20.5. The molecule has 0 radical (unpaired) electrons. The van der Waals surface area contributed by atoms with E-state index < -0.39 is 16.7 Å². The first-order valence-electron chi connectivity index (χ1n) is 7.87. The fourth-order valence-electron chi connectivity index (χ4n) is 2.03. The number of amides is 2. The van der Waals surface area contributed by atoms with Crippen LogP contribution >= 0.6 is 12.2 Å². The molecule has 10 heteroatoms. The number of hydrogen-bond donors (Lipinski definition) is 3. The Labute approximate surface area is 165 Å². The van der Waals surface area contributed by atoms with Crippen molar-refractivity contribution in [1.82, 2.24) is 16.2 Å². The summed E-state index contributed by atoms with van der Waals surface area (Å²) in [5, 5.41) is 13.0. The molecule has 0 aliphatic carbocycles. The van der Waals surface area contributed by atoms with Gasteiger partial charge in [-0.1, -0.05) is 12.1 Å². The fraction of sp³-hybridized carbons (Fsp3) is 0.0556. The third-order valence-corrected chi connectivity index (χ3v) is 3.59. The number of hydrogen-bond acceptors (Lipinski definition) is 6. The minimum Gasteiger partial charge on any atom is -0.497 e. The lowest BCUT2D eigenvalue weighted by atomic mass is 10.2. The van der Waals surface area contributed by atoms with Gasteiger partial charge >= 0.3 is 0 Å². The number of thiocarbonyl (C=S) groups is 1. The zero-order valence-corrected chi connectivity index (χ0v) is 15.5. The summed E-state index contributed by atoms with van der Waals surface area (Å²) in [5.74, 6) is -0.406. The topological polar surface area (TPSA) is 123 Å². The van der Waals surface area contributed by atoms with Gasteiger partial charge in [-0.2, -0.15) is 0 Å². The molecule has 0 fully saturated rings. The number of carbonyl (C=O) groups excluding carboxylic acids is 2. The van der Waals surface area contributed by atoms with Crippen LogP contribution in [0.25, 0.3) is 6.08 Å². The van der Waals surface area contributed by atoms with Crippen molar-refractivity contribution in [1.29, 1.82) is 0 Å². The van der Waals surface area contributed by atoms with Gasteiger partial charge in [0.25, 0.3) is 11.6 Å². The molecule has 0 saturated heterocycles. The Hall–Kier alpha value is -3.79. The Balaban J connectivity index is 1.83. The Morgan fingerprint density at radius 3 is 2.50 bits per heavy atom. The van der Waals surface area contributed by atoms with Crippen LogP contribution in [0.2, 0.25) is 0 Å². The highest BCUT2D eigenvalue weighted by atomic mass is 32.1. The van der Waals surface area contributed by atoms with Gasteiger partial charge in [-0.05, 0) is 48.1 Å². The van der Waals surface area contributed by atoms with Crippen LogP contribution in [0.3, 0.4) is 0 Å². The summed E-state index contributed by atoms with van der Waals surface area (Å²) in [4.78, 5) is 34.0. The number of non-ortho nitro benzene ring substituents is 1. The third-order valence-electron chi connectivity index (χ3n) is 3.39. The highest BCUT2D eigenvalue weighted by molar-refractivity contribution is 7.80. The molecule has 28 heavy (non-hydrogen) atoms. The van der Waals surface area contributed by atoms with Crippen LogP contribution in [-0.4, -0.2) is 29.0 Å². The second-order valence-electron chi connectivity index (χ2n) is 5.31. The molecular formula is C18H16N4O5S. The van der Waals surface area contributed by atoms with E-state index >= 15 is 0 Å². The summed E-state index contributed by atoms with van der Waals surface area (Å²) in [7, 11) is 1.52. The van der Waals surface area contributed by atoms with Crippen molar-refractivity contribution in [2.75, 3.05) is 7.11 Å². The summed E-state index contributed by atoms with van der Waals surface area (Å²) < 4.78 is 5.01. The van der Waals surface area contributed by atoms with Crippen molar-refractivity contribution < 1.29 is 19.2 Å². The van der Waals surface area contributed by atoms with Crippen LogP contribution in [0.1, 0.15) is 15.9 Å². The van der Waals surface area contributed by atoms with Crippen molar-refractivity contribution in [2.45, 2.75) is 0 Å². The van der Waals surface area contributed by atoms with Gasteiger partial charge in [-0.25, -0.2) is 0 Å². The normalized spacial score (nSPS) is 10.2. The number of nitrogens with one attached hydrogen (secondary N) is 3. The van der Waals surface area contributed by atoms with Gasteiger partial charge in [-0.3, -0.25) is 35.9 Å². The summed E-state index contributed by atoms with van der Waals surface area (Å²) in [6.07, 6.45) is 2.57. The van der Waals surface area contributed by atoms with Crippen molar-refractivity contribution in [3.8, 4) is 5.75 Å². The fourth-order valence-corrected chi connectivity index (χ4v) is 2.18. The molecule has 0 aliphatic rings. The molecule has 2 amide bonds. The van der Waals surface area contributed by atoms with E-state index in [2.05, 4.69) is 16.2 Å². The number of methoxy groups -OCH3 is 1. The lowest BCUT2D eigenvalue weighted by Gasteiger charge is -2.10. The molecule has 9 nitrogen and oxygen atoms in total. The summed E-state index contributed by atoms with van der Waals surface area (Å²) >= 11 is 4.92. The minimum atomic E-state index is -0.567. The number of rotatable bonds is 5. The van der Waals surface area contributed by atoms with Gasteiger partial charge in [0.05, 0.1) is 12.0 Å². The number of carbonyl (C=O) groups is 2. The van der Waals surface area contributed by atoms with Gasteiger partial charge in [-0.15, -0.1) is 0 Å². The molecule has 2 aromatic rings. The van der Waals surface area contributed by atoms with Crippen molar-refractivity contribution in [3.05, 3.63) is 75.8 Å². The molecule has 0 heterocycles. The van der Waals surface area contributed by atoms with Crippen LogP contribution in [0.15, 0.2) is 54.6 Å². The van der Waals surface area contributed by atoms with Crippen LogP contribution < -0.4 is 20.9 Å². The Morgan fingerprint density at radius 1 is 1.14 bits per heavy atom. The Kier molecular flexibility index (Phi) is 7.17. The van der Waals surface area contributed by atoms with Crippen LogP contribution in [0, 0.1) is 10.1 Å². The molecule has 0 saturated carbocycles. The lowest BCUT2D eigenvalue weighted by molar-refractivity contribution is -0.384. The van der Waals surface area contributed by atoms with E-state index in [1.54, 1.807) is 30.3 Å². The first-order valence-corrected chi connectivity index (χ1v) is 8.28. The smallest absolute Gasteiger partial charge is 0.270 e. The molecule has 3 N–H and O–H groups in total. The minimum absolute atomic E-state index is 0.0824. The largest absolute Gasteiger partial charge is 0.497 e. The summed E-state index contributed by atoms with van der Waals surface area (Å²) in [6.45, 7) is 0. The molecular weight excluding hydrogens is 384 g/mol. The highest BCUT2D eigenvalue weighted by Gasteiger charge is 2.07. The summed E-state index contributed by atoms with van der Waals surface area (Å²) in [6, 6.07) is 12.2. The van der Waals surface area contributed by atoms with E-state index in [0.29, 0.717) is 16.9 Å². The SMILES string of the molecule is COc1ccc(C(=O)NNC(=S)NC(=O)/C=C/c2cccc([N+](=O)[O-])c2)cc1. The second-order valence-corrected chi connectivity index (χ2v) is 5.72. The maximum Gasteiger partial charge on any atom is 0.270 e. The maximum absolute atomic E-state index is 12.0. The number of nitro groups is 1. The van der Waals surface area contributed by atoms with E-state index in [-0.39, 0.29) is 10.8 Å². The molecule has 0 spiro atoms. The molecule has 0 atom stereocenters. The van der Waals surface area contributed by atoms with E-state index in [1.807, 2.05) is 0 Å². The molecule has 0 aromatic heterocycles. The number of hydrazine groups is 1. The van der Waals surface area contributed by atoms with E-state index in [1.165, 1.54) is 37.5 Å².